The number of phosphoric ester groups is 1. The summed E-state index contributed by atoms with van der Waals surface area (Å²) in [6.07, 6.45) is 32.4. The molecule has 1 unspecified atom stereocenters. The van der Waals surface area contributed by atoms with Crippen molar-refractivity contribution in [3.8, 4) is 0 Å². The number of carbonyl (C=O) groups is 2. The molecule has 0 aliphatic rings. The van der Waals surface area contributed by atoms with E-state index in [9.17, 15) is 19.0 Å². The van der Waals surface area contributed by atoms with Gasteiger partial charge >= 0.3 is 19.8 Å². The van der Waals surface area contributed by atoms with Crippen LogP contribution in [0.2, 0.25) is 0 Å². The zero-order valence-corrected chi connectivity index (χ0v) is 31.2. The molecule has 278 valence electrons. The van der Waals surface area contributed by atoms with Crippen LogP contribution in [0.25, 0.3) is 0 Å². The van der Waals surface area contributed by atoms with Gasteiger partial charge in [-0.05, 0) is 38.5 Å². The van der Waals surface area contributed by atoms with Crippen LogP contribution in [0, 0.1) is 0 Å². The maximum atomic E-state index is 12.5. The first kappa shape index (κ1) is 45.8. The summed E-state index contributed by atoms with van der Waals surface area (Å²) in [7, 11) is -4.37. The number of hydrogen-bond acceptors (Lipinski definition) is 8. The first-order chi connectivity index (χ1) is 22.8. The van der Waals surface area contributed by atoms with Crippen molar-refractivity contribution in [2.45, 2.75) is 187 Å². The van der Waals surface area contributed by atoms with Gasteiger partial charge in [0.15, 0.2) is 6.10 Å². The van der Waals surface area contributed by atoms with Crippen LogP contribution >= 0.6 is 7.82 Å². The zero-order valence-electron chi connectivity index (χ0n) is 30.3. The maximum absolute atomic E-state index is 12.5. The van der Waals surface area contributed by atoms with E-state index in [-0.39, 0.29) is 32.6 Å². The second-order valence-corrected chi connectivity index (χ2v) is 14.3. The van der Waals surface area contributed by atoms with Crippen LogP contribution in [0.3, 0.4) is 0 Å². The average molecular weight is 690 g/mol. The Hall–Kier alpha value is -1.25. The maximum Gasteiger partial charge on any atom is 0.472 e. The van der Waals surface area contributed by atoms with Gasteiger partial charge in [-0.25, -0.2) is 4.57 Å². The summed E-state index contributed by atoms with van der Waals surface area (Å²) < 4.78 is 32.6. The van der Waals surface area contributed by atoms with Gasteiger partial charge in [-0.3, -0.25) is 18.6 Å². The largest absolute Gasteiger partial charge is 0.472 e. The molecule has 0 amide bonds. The molecule has 0 saturated carbocycles. The third-order valence-corrected chi connectivity index (χ3v) is 9.14. The van der Waals surface area contributed by atoms with Crippen molar-refractivity contribution in [1.82, 2.24) is 0 Å². The van der Waals surface area contributed by atoms with Gasteiger partial charge in [-0.15, -0.1) is 0 Å². The molecule has 0 fully saturated rings. The lowest BCUT2D eigenvalue weighted by atomic mass is 10.1. The van der Waals surface area contributed by atoms with Crippen LogP contribution < -0.4 is 5.73 Å². The highest BCUT2D eigenvalue weighted by atomic mass is 31.2. The van der Waals surface area contributed by atoms with Gasteiger partial charge in [-0.2, -0.15) is 0 Å². The number of hydrogen-bond donors (Lipinski definition) is 2. The van der Waals surface area contributed by atoms with Gasteiger partial charge in [0.2, 0.25) is 0 Å². The smallest absolute Gasteiger partial charge is 0.462 e. The molecule has 0 radical (unpaired) electrons. The van der Waals surface area contributed by atoms with Crippen molar-refractivity contribution >= 4 is 19.8 Å². The minimum absolute atomic E-state index is 0.0541. The van der Waals surface area contributed by atoms with E-state index in [0.29, 0.717) is 12.8 Å². The average Bonchev–Trinajstić information content (AvgIpc) is 3.05. The number of unbranched alkanes of at least 4 members (excludes halogenated alkanes) is 21. The standard InChI is InChI=1S/C37H72NO8P/c1-3-5-7-9-11-13-15-16-17-18-20-21-23-25-27-29-36(39)43-33-35(34-45-47(41,42)44-32-31-38)46-37(40)30-28-26-24-22-19-14-12-10-8-6-4-2/h18,20,35H,3-17,19,21-34,38H2,1-2H3,(H,41,42)/b20-18+/t35-/m1/s1. The minimum atomic E-state index is -4.37. The van der Waals surface area contributed by atoms with Crippen molar-refractivity contribution in [3.05, 3.63) is 12.2 Å². The molecule has 0 rings (SSSR count). The second kappa shape index (κ2) is 34.6. The van der Waals surface area contributed by atoms with Crippen molar-refractivity contribution in [2.75, 3.05) is 26.4 Å². The Balaban J connectivity index is 4.21. The Bertz CT molecular complexity index is 794. The van der Waals surface area contributed by atoms with Gasteiger partial charge < -0.3 is 20.1 Å². The summed E-state index contributed by atoms with van der Waals surface area (Å²) in [5.41, 5.74) is 5.32. The van der Waals surface area contributed by atoms with Gasteiger partial charge in [0.25, 0.3) is 0 Å². The highest BCUT2D eigenvalue weighted by molar-refractivity contribution is 7.47. The Morgan fingerprint density at radius 2 is 1.04 bits per heavy atom. The molecule has 0 spiro atoms. The molecule has 0 aliphatic heterocycles. The van der Waals surface area contributed by atoms with E-state index in [4.69, 9.17) is 24.3 Å². The van der Waals surface area contributed by atoms with E-state index < -0.39 is 32.5 Å². The third kappa shape index (κ3) is 34.4. The summed E-state index contributed by atoms with van der Waals surface area (Å²) in [6.45, 7) is 3.70. The van der Waals surface area contributed by atoms with Crippen LogP contribution in [0.15, 0.2) is 12.2 Å². The topological polar surface area (TPSA) is 134 Å². The molecule has 3 N–H and O–H groups in total. The highest BCUT2D eigenvalue weighted by Gasteiger charge is 2.25. The van der Waals surface area contributed by atoms with Gasteiger partial charge in [0.05, 0.1) is 13.2 Å². The van der Waals surface area contributed by atoms with Gasteiger partial charge in [0, 0.05) is 19.4 Å². The van der Waals surface area contributed by atoms with Crippen molar-refractivity contribution in [2.24, 2.45) is 5.73 Å². The predicted molar refractivity (Wildman–Crippen MR) is 192 cm³/mol. The summed E-state index contributed by atoms with van der Waals surface area (Å²) >= 11 is 0. The fourth-order valence-corrected chi connectivity index (χ4v) is 6.04. The molecule has 10 heteroatoms. The molecule has 0 aromatic carbocycles. The lowest BCUT2D eigenvalue weighted by molar-refractivity contribution is -0.161. The monoisotopic (exact) mass is 689 g/mol. The Labute approximate surface area is 288 Å². The molecule has 0 aromatic heterocycles. The van der Waals surface area contributed by atoms with E-state index >= 15 is 0 Å². The number of rotatable bonds is 36. The van der Waals surface area contributed by atoms with Crippen LogP contribution in [-0.4, -0.2) is 49.3 Å². The minimum Gasteiger partial charge on any atom is -0.462 e. The quantitative estimate of drug-likeness (QED) is 0.0285. The second-order valence-electron chi connectivity index (χ2n) is 12.8. The molecule has 0 bridgehead atoms. The highest BCUT2D eigenvalue weighted by Crippen LogP contribution is 2.43. The van der Waals surface area contributed by atoms with E-state index in [1.807, 2.05) is 0 Å². The first-order valence-corrected chi connectivity index (χ1v) is 20.7. The molecule has 0 heterocycles. The van der Waals surface area contributed by atoms with Crippen LogP contribution in [-0.2, 0) is 32.7 Å². The fourth-order valence-electron chi connectivity index (χ4n) is 5.28. The van der Waals surface area contributed by atoms with E-state index in [1.165, 1.54) is 103 Å². The Morgan fingerprint density at radius 3 is 1.53 bits per heavy atom. The molecule has 9 nitrogen and oxygen atoms in total. The van der Waals surface area contributed by atoms with Crippen LogP contribution in [0.5, 0.6) is 0 Å². The van der Waals surface area contributed by atoms with Gasteiger partial charge in [-0.1, -0.05) is 142 Å². The summed E-state index contributed by atoms with van der Waals surface area (Å²) in [4.78, 5) is 34.6. The summed E-state index contributed by atoms with van der Waals surface area (Å²) in [6, 6.07) is 0. The Morgan fingerprint density at radius 1 is 0.617 bits per heavy atom. The van der Waals surface area contributed by atoms with E-state index in [0.717, 1.165) is 38.5 Å². The summed E-state index contributed by atoms with van der Waals surface area (Å²) in [5.74, 6) is -0.843. The van der Waals surface area contributed by atoms with E-state index in [2.05, 4.69) is 26.0 Å². The number of ether oxygens (including phenoxy) is 2. The van der Waals surface area contributed by atoms with Crippen molar-refractivity contribution < 1.29 is 37.6 Å². The lowest BCUT2D eigenvalue weighted by Crippen LogP contribution is -2.29. The molecule has 0 aliphatic carbocycles. The molecule has 0 aromatic rings. The molecule has 47 heavy (non-hydrogen) atoms. The lowest BCUT2D eigenvalue weighted by Gasteiger charge is -2.19. The van der Waals surface area contributed by atoms with Crippen molar-refractivity contribution in [3.63, 3.8) is 0 Å². The number of esters is 2. The van der Waals surface area contributed by atoms with E-state index in [1.54, 1.807) is 0 Å². The SMILES string of the molecule is CCCCCCCCCC/C=C/CCCCCC(=O)OC[C@H](COP(=O)(O)OCCN)OC(=O)CCCCCCCCCCCCC. The summed E-state index contributed by atoms with van der Waals surface area (Å²) in [5, 5.41) is 0. The van der Waals surface area contributed by atoms with Gasteiger partial charge in [0.1, 0.15) is 6.61 Å². The first-order valence-electron chi connectivity index (χ1n) is 19.2. The van der Waals surface area contributed by atoms with Crippen molar-refractivity contribution in [1.29, 1.82) is 0 Å². The molecular formula is C37H72NO8P. The molecule has 2 atom stereocenters. The normalized spacial score (nSPS) is 13.5. The number of allylic oxidation sites excluding steroid dienone is 2. The number of nitrogens with two attached hydrogens (primary N) is 1. The number of phosphoric acid groups is 1. The Kier molecular flexibility index (Phi) is 33.7. The predicted octanol–water partition coefficient (Wildman–Crippen LogP) is 10.3. The van der Waals surface area contributed by atoms with Crippen LogP contribution in [0.1, 0.15) is 181 Å². The fraction of sp³-hybridized carbons (Fsp3) is 0.892. The van der Waals surface area contributed by atoms with Crippen LogP contribution in [0.4, 0.5) is 0 Å². The molecular weight excluding hydrogens is 617 g/mol. The number of carbonyl (C=O) groups excluding carboxylic acids is 2. The molecule has 0 saturated heterocycles. The third-order valence-electron chi connectivity index (χ3n) is 8.15. The zero-order chi connectivity index (χ0) is 34.7.